The van der Waals surface area contributed by atoms with Crippen molar-refractivity contribution in [2.45, 2.75) is 43.6 Å². The predicted molar refractivity (Wildman–Crippen MR) is 106 cm³/mol. The van der Waals surface area contributed by atoms with E-state index in [1.54, 1.807) is 11.8 Å². The maximum Gasteiger partial charge on any atom is 0.272 e. The van der Waals surface area contributed by atoms with Gasteiger partial charge in [-0.1, -0.05) is 37.6 Å². The molecule has 1 aromatic carbocycles. The van der Waals surface area contributed by atoms with Gasteiger partial charge in [0.15, 0.2) is 16.7 Å². The lowest BCUT2D eigenvalue weighted by Crippen LogP contribution is -2.22. The van der Waals surface area contributed by atoms with E-state index in [2.05, 4.69) is 6.92 Å². The first-order chi connectivity index (χ1) is 12.8. The zero-order chi connectivity index (χ0) is 17.9. The zero-order valence-electron chi connectivity index (χ0n) is 14.6. The Balaban J connectivity index is 1.59. The molecule has 0 atom stereocenters. The number of hydrogen-bond acceptors (Lipinski definition) is 6. The van der Waals surface area contributed by atoms with E-state index >= 15 is 0 Å². The molecule has 4 rings (SSSR count). The fraction of sp³-hybridized carbons (Fsp3) is 0.368. The van der Waals surface area contributed by atoms with E-state index in [4.69, 9.17) is 14.5 Å². The number of thioether (sulfide) groups is 1. The van der Waals surface area contributed by atoms with Crippen molar-refractivity contribution in [2.24, 2.45) is 0 Å². The molecule has 0 saturated carbocycles. The lowest BCUT2D eigenvalue weighted by molar-refractivity contribution is 0.174. The first-order valence-electron chi connectivity index (χ1n) is 8.75. The SMILES string of the molecule is CCCCCn1c(SCc2ccc3c(c2)OCO3)nc2ccsc2c1=O. The average molecular weight is 389 g/mol. The van der Waals surface area contributed by atoms with Crippen molar-refractivity contribution in [3.63, 3.8) is 0 Å². The van der Waals surface area contributed by atoms with Crippen molar-refractivity contribution in [2.75, 3.05) is 6.79 Å². The van der Waals surface area contributed by atoms with Crippen LogP contribution in [0.5, 0.6) is 11.5 Å². The maximum atomic E-state index is 12.9. The zero-order valence-corrected chi connectivity index (χ0v) is 16.2. The summed E-state index contributed by atoms with van der Waals surface area (Å²) >= 11 is 3.06. The van der Waals surface area contributed by atoms with Crippen LogP contribution in [-0.4, -0.2) is 16.3 Å². The van der Waals surface area contributed by atoms with Crippen LogP contribution in [0.2, 0.25) is 0 Å². The van der Waals surface area contributed by atoms with E-state index in [1.165, 1.54) is 11.3 Å². The minimum atomic E-state index is 0.0780. The summed E-state index contributed by atoms with van der Waals surface area (Å²) in [5.41, 5.74) is 1.99. The van der Waals surface area contributed by atoms with Crippen LogP contribution in [0.15, 0.2) is 39.6 Å². The molecule has 7 heteroatoms. The van der Waals surface area contributed by atoms with E-state index in [9.17, 15) is 4.79 Å². The first kappa shape index (κ1) is 17.4. The molecule has 0 N–H and O–H groups in total. The average Bonchev–Trinajstić information content (AvgIpc) is 3.30. The van der Waals surface area contributed by atoms with Crippen LogP contribution in [0.1, 0.15) is 31.7 Å². The normalized spacial score (nSPS) is 12.8. The standard InChI is InChI=1S/C19H20N2O3S2/c1-2-3-4-8-21-18(22)17-14(7-9-25-17)20-19(21)26-11-13-5-6-15-16(10-13)24-12-23-15/h5-7,9-10H,2-4,8,11-12H2,1H3. The van der Waals surface area contributed by atoms with E-state index in [-0.39, 0.29) is 12.4 Å². The van der Waals surface area contributed by atoms with Crippen LogP contribution >= 0.6 is 23.1 Å². The second-order valence-corrected chi connectivity index (χ2v) is 8.03. The number of thiophene rings is 1. The maximum absolute atomic E-state index is 12.9. The molecule has 0 bridgehead atoms. The summed E-state index contributed by atoms with van der Waals surface area (Å²) in [7, 11) is 0. The van der Waals surface area contributed by atoms with Crippen LogP contribution in [0.25, 0.3) is 10.2 Å². The van der Waals surface area contributed by atoms with Gasteiger partial charge in [-0.3, -0.25) is 9.36 Å². The fourth-order valence-corrected chi connectivity index (χ4v) is 4.68. The topological polar surface area (TPSA) is 53.4 Å². The molecule has 0 unspecified atom stereocenters. The van der Waals surface area contributed by atoms with Crippen LogP contribution in [0.3, 0.4) is 0 Å². The summed E-state index contributed by atoms with van der Waals surface area (Å²) in [5, 5.41) is 2.72. The molecular formula is C19H20N2O3S2. The summed E-state index contributed by atoms with van der Waals surface area (Å²) in [5.74, 6) is 2.30. The molecule has 0 aliphatic carbocycles. The number of aromatic nitrogens is 2. The number of fused-ring (bicyclic) bond motifs is 2. The van der Waals surface area contributed by atoms with Crippen LogP contribution < -0.4 is 15.0 Å². The number of hydrogen-bond donors (Lipinski definition) is 0. The Hall–Kier alpha value is -1.99. The Bertz CT molecular complexity index is 981. The number of rotatable bonds is 7. The molecule has 2 aromatic heterocycles. The van der Waals surface area contributed by atoms with Gasteiger partial charge in [-0.25, -0.2) is 4.98 Å². The van der Waals surface area contributed by atoms with Gasteiger partial charge < -0.3 is 9.47 Å². The molecule has 1 aliphatic heterocycles. The largest absolute Gasteiger partial charge is 0.454 e. The highest BCUT2D eigenvalue weighted by Gasteiger charge is 2.15. The van der Waals surface area contributed by atoms with Gasteiger partial charge in [0.1, 0.15) is 4.70 Å². The summed E-state index contributed by atoms with van der Waals surface area (Å²) in [6, 6.07) is 7.88. The van der Waals surface area contributed by atoms with Crippen molar-refractivity contribution in [1.82, 2.24) is 9.55 Å². The smallest absolute Gasteiger partial charge is 0.272 e. The van der Waals surface area contributed by atoms with E-state index in [1.807, 2.05) is 34.2 Å². The lowest BCUT2D eigenvalue weighted by atomic mass is 10.2. The van der Waals surface area contributed by atoms with Gasteiger partial charge in [-0.2, -0.15) is 0 Å². The highest BCUT2D eigenvalue weighted by molar-refractivity contribution is 7.98. The van der Waals surface area contributed by atoms with Crippen molar-refractivity contribution in [1.29, 1.82) is 0 Å². The number of benzene rings is 1. The second-order valence-electron chi connectivity index (χ2n) is 6.17. The molecule has 0 spiro atoms. The Morgan fingerprint density at radius 2 is 2.12 bits per heavy atom. The Kier molecular flexibility index (Phi) is 5.17. The highest BCUT2D eigenvalue weighted by Crippen LogP contribution is 2.34. The van der Waals surface area contributed by atoms with Crippen molar-refractivity contribution in [3.05, 3.63) is 45.6 Å². The molecule has 5 nitrogen and oxygen atoms in total. The fourth-order valence-electron chi connectivity index (χ4n) is 2.93. The van der Waals surface area contributed by atoms with E-state index in [0.29, 0.717) is 0 Å². The van der Waals surface area contributed by atoms with Gasteiger partial charge in [0.05, 0.1) is 5.52 Å². The molecule has 136 valence electrons. The van der Waals surface area contributed by atoms with Gasteiger partial charge in [-0.05, 0) is 35.6 Å². The number of ether oxygens (including phenoxy) is 2. The molecular weight excluding hydrogens is 368 g/mol. The van der Waals surface area contributed by atoms with Gasteiger partial charge in [0.2, 0.25) is 6.79 Å². The monoisotopic (exact) mass is 388 g/mol. The highest BCUT2D eigenvalue weighted by atomic mass is 32.2. The van der Waals surface area contributed by atoms with Gasteiger partial charge in [0, 0.05) is 12.3 Å². The third-order valence-corrected chi connectivity index (χ3v) is 6.26. The van der Waals surface area contributed by atoms with Crippen molar-refractivity contribution in [3.8, 4) is 11.5 Å². The van der Waals surface area contributed by atoms with Crippen molar-refractivity contribution < 1.29 is 9.47 Å². The van der Waals surface area contributed by atoms with Crippen LogP contribution in [0, 0.1) is 0 Å². The Morgan fingerprint density at radius 1 is 1.23 bits per heavy atom. The predicted octanol–water partition coefficient (Wildman–Crippen LogP) is 4.67. The molecule has 1 aliphatic rings. The van der Waals surface area contributed by atoms with Gasteiger partial charge in [0.25, 0.3) is 5.56 Å². The van der Waals surface area contributed by atoms with Crippen LogP contribution in [-0.2, 0) is 12.3 Å². The summed E-state index contributed by atoms with van der Waals surface area (Å²) in [6.45, 7) is 3.16. The van der Waals surface area contributed by atoms with E-state index < -0.39 is 0 Å². The van der Waals surface area contributed by atoms with Gasteiger partial charge >= 0.3 is 0 Å². The molecule has 3 heterocycles. The molecule has 0 saturated heterocycles. The second kappa shape index (κ2) is 7.72. The molecule has 3 aromatic rings. The summed E-state index contributed by atoms with van der Waals surface area (Å²) < 4.78 is 13.4. The summed E-state index contributed by atoms with van der Waals surface area (Å²) in [4.78, 5) is 17.6. The Morgan fingerprint density at radius 3 is 3.00 bits per heavy atom. The quantitative estimate of drug-likeness (QED) is 0.334. The van der Waals surface area contributed by atoms with Crippen molar-refractivity contribution >= 4 is 33.3 Å². The molecule has 0 radical (unpaired) electrons. The third-order valence-electron chi connectivity index (χ3n) is 4.32. The molecule has 26 heavy (non-hydrogen) atoms. The summed E-state index contributed by atoms with van der Waals surface area (Å²) in [6.07, 6.45) is 3.23. The first-order valence-corrected chi connectivity index (χ1v) is 10.6. The van der Waals surface area contributed by atoms with Crippen LogP contribution in [0.4, 0.5) is 0 Å². The van der Waals surface area contributed by atoms with Gasteiger partial charge in [-0.15, -0.1) is 11.3 Å². The van der Waals surface area contributed by atoms with E-state index in [0.717, 1.165) is 64.0 Å². The lowest BCUT2D eigenvalue weighted by Gasteiger charge is -2.12. The minimum Gasteiger partial charge on any atom is -0.454 e. The molecule has 0 fully saturated rings. The number of unbranched alkanes of at least 4 members (excludes halogenated alkanes) is 2. The molecule has 0 amide bonds. The number of nitrogens with zero attached hydrogens (tertiary/aromatic N) is 2. The third kappa shape index (κ3) is 3.46. The minimum absolute atomic E-state index is 0.0780. The Labute approximate surface area is 160 Å².